The van der Waals surface area contributed by atoms with Crippen molar-refractivity contribution in [3.8, 4) is 0 Å². The molecule has 1 N–H and O–H groups in total. The van der Waals surface area contributed by atoms with E-state index in [0.717, 1.165) is 17.5 Å². The molecule has 2 aromatic rings. The van der Waals surface area contributed by atoms with Gasteiger partial charge < -0.3 is 10.1 Å². The maximum Gasteiger partial charge on any atom is 0.335 e. The van der Waals surface area contributed by atoms with Crippen LogP contribution >= 0.6 is 35.1 Å². The van der Waals surface area contributed by atoms with Crippen LogP contribution in [-0.4, -0.2) is 39.3 Å². The monoisotopic (exact) mass is 509 g/mol. The number of nitrogens with zero attached hydrogens (tertiary/aromatic N) is 2. The summed E-state index contributed by atoms with van der Waals surface area (Å²) in [6.07, 6.45) is 0.962. The summed E-state index contributed by atoms with van der Waals surface area (Å²) in [7, 11) is 0. The average Bonchev–Trinajstić information content (AvgIpc) is 3.06. The molecule has 176 valence electrons. The first-order valence-corrected chi connectivity index (χ1v) is 12.0. The van der Waals surface area contributed by atoms with E-state index in [2.05, 4.69) is 5.32 Å². The van der Waals surface area contributed by atoms with Gasteiger partial charge in [0.05, 0.1) is 6.54 Å². The maximum atomic E-state index is 13.1. The normalized spacial score (nSPS) is 15.8. The Morgan fingerprint density at radius 1 is 1.06 bits per heavy atom. The third kappa shape index (κ3) is 7.28. The van der Waals surface area contributed by atoms with Crippen molar-refractivity contribution >= 4 is 53.1 Å². The number of urea groups is 1. The van der Waals surface area contributed by atoms with Gasteiger partial charge >= 0.3 is 12.0 Å². The highest BCUT2D eigenvalue weighted by atomic mass is 35.5. The molecule has 1 unspecified atom stereocenters. The van der Waals surface area contributed by atoms with Crippen LogP contribution in [0.5, 0.6) is 0 Å². The standard InChI is InChI=1S/C23H25Cl2N3O4S/c1-15(2)3-12-20(29)32-14-27-22(26-21(30)17-6-10-19(25)11-7-17)33-28(23(27)31)13-16-4-8-18(24)9-5-16/h4-11,15,22H,3,12-14H2,1-2H3,(H,26,30). The topological polar surface area (TPSA) is 79.0 Å². The van der Waals surface area contributed by atoms with Crippen molar-refractivity contribution in [3.63, 3.8) is 0 Å². The SMILES string of the molecule is CC(C)CCC(=O)OCN1C(=O)N(Cc2ccc(Cl)cc2)SC1NC(=O)c1ccc(Cl)cc1. The number of amides is 3. The first kappa shape index (κ1) is 25.2. The first-order valence-electron chi connectivity index (χ1n) is 10.4. The van der Waals surface area contributed by atoms with Gasteiger partial charge in [0, 0.05) is 34.0 Å². The molecule has 1 heterocycles. The molecule has 1 aliphatic heterocycles. The van der Waals surface area contributed by atoms with Crippen LogP contribution in [0.2, 0.25) is 10.0 Å². The number of benzene rings is 2. The number of rotatable bonds is 9. The number of hydrogen-bond acceptors (Lipinski definition) is 5. The molecule has 3 amide bonds. The van der Waals surface area contributed by atoms with Crippen LogP contribution in [0.1, 0.15) is 42.6 Å². The van der Waals surface area contributed by atoms with E-state index in [1.54, 1.807) is 36.4 Å². The van der Waals surface area contributed by atoms with Crippen molar-refractivity contribution in [3.05, 3.63) is 69.7 Å². The van der Waals surface area contributed by atoms with Gasteiger partial charge in [-0.1, -0.05) is 49.2 Å². The third-order valence-electron chi connectivity index (χ3n) is 4.86. The number of esters is 1. The zero-order valence-corrected chi connectivity index (χ0v) is 20.6. The van der Waals surface area contributed by atoms with Gasteiger partial charge in [-0.15, -0.1) is 0 Å². The van der Waals surface area contributed by atoms with Gasteiger partial charge in [0.1, 0.15) is 0 Å². The average molecular weight is 510 g/mol. The van der Waals surface area contributed by atoms with E-state index in [1.807, 2.05) is 26.0 Å². The molecule has 0 saturated carbocycles. The van der Waals surface area contributed by atoms with Gasteiger partial charge in [-0.3, -0.25) is 18.8 Å². The van der Waals surface area contributed by atoms with Crippen LogP contribution in [0.4, 0.5) is 4.79 Å². The predicted molar refractivity (Wildman–Crippen MR) is 130 cm³/mol. The minimum absolute atomic E-state index is 0.258. The fourth-order valence-corrected chi connectivity index (χ4v) is 4.31. The molecule has 33 heavy (non-hydrogen) atoms. The number of hydrogen-bond donors (Lipinski definition) is 1. The van der Waals surface area contributed by atoms with Gasteiger partial charge in [0.15, 0.2) is 12.2 Å². The summed E-state index contributed by atoms with van der Waals surface area (Å²) in [5, 5.41) is 3.94. The van der Waals surface area contributed by atoms with Crippen LogP contribution in [0, 0.1) is 5.92 Å². The second-order valence-corrected chi connectivity index (χ2v) is 9.90. The molecular formula is C23H25Cl2N3O4S. The number of ether oxygens (including phenoxy) is 1. The third-order valence-corrected chi connectivity index (χ3v) is 6.48. The van der Waals surface area contributed by atoms with Crippen LogP contribution in [0.3, 0.4) is 0 Å². The van der Waals surface area contributed by atoms with Crippen molar-refractivity contribution < 1.29 is 19.1 Å². The molecule has 0 bridgehead atoms. The van der Waals surface area contributed by atoms with E-state index < -0.39 is 5.50 Å². The fourth-order valence-electron chi connectivity index (χ4n) is 2.97. The van der Waals surface area contributed by atoms with Crippen molar-refractivity contribution in [2.24, 2.45) is 5.92 Å². The zero-order chi connectivity index (χ0) is 24.0. The zero-order valence-electron chi connectivity index (χ0n) is 18.3. The fraction of sp³-hybridized carbons (Fsp3) is 0.348. The maximum absolute atomic E-state index is 13.1. The van der Waals surface area contributed by atoms with Gasteiger partial charge in [0.25, 0.3) is 5.91 Å². The number of halogens is 2. The second kappa shape index (κ2) is 11.6. The number of nitrogens with one attached hydrogen (secondary N) is 1. The van der Waals surface area contributed by atoms with Crippen LogP contribution in [-0.2, 0) is 16.1 Å². The molecular weight excluding hydrogens is 485 g/mol. The van der Waals surface area contributed by atoms with E-state index in [-0.39, 0.29) is 31.1 Å². The highest BCUT2D eigenvalue weighted by Crippen LogP contribution is 2.31. The molecule has 7 nitrogen and oxygen atoms in total. The summed E-state index contributed by atoms with van der Waals surface area (Å²) in [4.78, 5) is 39.2. The van der Waals surface area contributed by atoms with E-state index in [0.29, 0.717) is 34.5 Å². The lowest BCUT2D eigenvalue weighted by molar-refractivity contribution is -0.147. The highest BCUT2D eigenvalue weighted by molar-refractivity contribution is 7.98. The summed E-state index contributed by atoms with van der Waals surface area (Å²) in [6.45, 7) is 4.08. The Morgan fingerprint density at radius 2 is 1.67 bits per heavy atom. The van der Waals surface area contributed by atoms with Crippen LogP contribution < -0.4 is 5.32 Å². The molecule has 3 rings (SSSR count). The molecule has 0 aliphatic carbocycles. The lowest BCUT2D eigenvalue weighted by Gasteiger charge is -2.22. The molecule has 1 atom stereocenters. The largest absolute Gasteiger partial charge is 0.444 e. The quantitative estimate of drug-likeness (QED) is 0.355. The Morgan fingerprint density at radius 3 is 2.27 bits per heavy atom. The molecule has 0 aromatic heterocycles. The predicted octanol–water partition coefficient (Wildman–Crippen LogP) is 5.53. The van der Waals surface area contributed by atoms with E-state index in [1.165, 1.54) is 9.21 Å². The Kier molecular flexibility index (Phi) is 8.88. The number of carbonyl (C=O) groups is 3. The van der Waals surface area contributed by atoms with Crippen molar-refractivity contribution in [1.82, 2.24) is 14.5 Å². The summed E-state index contributed by atoms with van der Waals surface area (Å²) < 4.78 is 6.85. The summed E-state index contributed by atoms with van der Waals surface area (Å²) in [6, 6.07) is 13.2. The summed E-state index contributed by atoms with van der Waals surface area (Å²) in [5.41, 5.74) is 0.530. The molecule has 2 aromatic carbocycles. The Hall–Kier alpha value is -2.42. The molecule has 1 fully saturated rings. The van der Waals surface area contributed by atoms with Gasteiger partial charge in [-0.2, -0.15) is 0 Å². The summed E-state index contributed by atoms with van der Waals surface area (Å²) in [5.74, 6) is -0.398. The van der Waals surface area contributed by atoms with E-state index in [4.69, 9.17) is 27.9 Å². The van der Waals surface area contributed by atoms with Crippen molar-refractivity contribution in [1.29, 1.82) is 0 Å². The molecule has 0 spiro atoms. The lowest BCUT2D eigenvalue weighted by Crippen LogP contribution is -2.46. The highest BCUT2D eigenvalue weighted by Gasteiger charge is 2.40. The Bertz CT molecular complexity index is 986. The summed E-state index contributed by atoms with van der Waals surface area (Å²) >= 11 is 13.0. The van der Waals surface area contributed by atoms with Crippen LogP contribution in [0.15, 0.2) is 48.5 Å². The lowest BCUT2D eigenvalue weighted by atomic mass is 10.1. The smallest absolute Gasteiger partial charge is 0.335 e. The van der Waals surface area contributed by atoms with Crippen molar-refractivity contribution in [2.75, 3.05) is 6.73 Å². The van der Waals surface area contributed by atoms with Crippen LogP contribution in [0.25, 0.3) is 0 Å². The van der Waals surface area contributed by atoms with Crippen molar-refractivity contribution in [2.45, 2.75) is 38.7 Å². The first-order chi connectivity index (χ1) is 15.7. The molecule has 1 aliphatic rings. The molecule has 1 saturated heterocycles. The van der Waals surface area contributed by atoms with E-state index in [9.17, 15) is 14.4 Å². The minimum atomic E-state index is -0.745. The van der Waals surface area contributed by atoms with Gasteiger partial charge in [-0.05, 0) is 54.3 Å². The van der Waals surface area contributed by atoms with Gasteiger partial charge in [-0.25, -0.2) is 4.79 Å². The second-order valence-electron chi connectivity index (χ2n) is 7.93. The molecule has 10 heteroatoms. The Balaban J connectivity index is 1.70. The minimum Gasteiger partial charge on any atom is -0.444 e. The molecule has 0 radical (unpaired) electrons. The Labute approximate surface area is 207 Å². The number of carbonyl (C=O) groups excluding carboxylic acids is 3. The van der Waals surface area contributed by atoms with Gasteiger partial charge in [0.2, 0.25) is 0 Å². The van der Waals surface area contributed by atoms with E-state index >= 15 is 0 Å².